The fourth-order valence-electron chi connectivity index (χ4n) is 4.20. The highest BCUT2D eigenvalue weighted by Crippen LogP contribution is 2.45. The lowest BCUT2D eigenvalue weighted by Gasteiger charge is -2.09. The number of phenols is 3. The van der Waals surface area contributed by atoms with Crippen molar-refractivity contribution in [3.63, 3.8) is 0 Å². The second-order valence-corrected chi connectivity index (χ2v) is 11.9. The number of hydrogen-bond acceptors (Lipinski definition) is 13. The van der Waals surface area contributed by atoms with Crippen LogP contribution in [0.3, 0.4) is 0 Å². The van der Waals surface area contributed by atoms with Crippen LogP contribution in [0.15, 0.2) is 103 Å². The van der Waals surface area contributed by atoms with Gasteiger partial charge in [-0.3, -0.25) is 19.2 Å². The lowest BCUT2D eigenvalue weighted by atomic mass is 10.1. The Balaban J connectivity index is 1.63. The quantitative estimate of drug-likeness (QED) is 0.0567. The standard InChI is InChI=1S/C26H17N5O11S2/c32-21-8-5-13-3-1-2-4-17(13)23(21)29-27-15-6-7-18-14(9-15)10-22(44(40,41)42)24(25(18)33)30-28-19-11-16(43(37,38)39)12-20(26(19)34)31(35)36/h1-12,32-34H,(H,37,38,39)(H,40,41,42). The van der Waals surface area contributed by atoms with E-state index in [0.717, 1.165) is 11.5 Å². The van der Waals surface area contributed by atoms with Gasteiger partial charge in [0.2, 0.25) is 5.75 Å². The number of nitrogens with zero attached hydrogens (tertiary/aromatic N) is 5. The molecule has 5 aromatic carbocycles. The van der Waals surface area contributed by atoms with Crippen molar-refractivity contribution in [2.24, 2.45) is 20.5 Å². The summed E-state index contributed by atoms with van der Waals surface area (Å²) in [5.41, 5.74) is -2.61. The van der Waals surface area contributed by atoms with Crippen LogP contribution in [-0.4, -0.2) is 46.2 Å². The first-order chi connectivity index (χ1) is 20.6. The average molecular weight is 640 g/mol. The molecule has 0 aliphatic carbocycles. The Kier molecular flexibility index (Phi) is 7.43. The zero-order valence-electron chi connectivity index (χ0n) is 21.7. The molecular formula is C26H17N5O11S2. The Hall–Kier alpha value is -5.56. The molecule has 44 heavy (non-hydrogen) atoms. The Bertz CT molecular complexity index is 2310. The normalized spacial score (nSPS) is 12.5. The molecule has 0 spiro atoms. The number of nitro groups is 1. The number of rotatable bonds is 7. The van der Waals surface area contributed by atoms with Gasteiger partial charge in [-0.15, -0.1) is 15.3 Å². The van der Waals surface area contributed by atoms with E-state index < -0.39 is 63.5 Å². The van der Waals surface area contributed by atoms with Crippen molar-refractivity contribution in [3.8, 4) is 17.2 Å². The minimum absolute atomic E-state index is 0.0273. The van der Waals surface area contributed by atoms with Gasteiger partial charge in [0.15, 0.2) is 5.75 Å². The minimum Gasteiger partial charge on any atom is -0.506 e. The third-order valence-electron chi connectivity index (χ3n) is 6.25. The molecule has 0 heterocycles. The molecule has 0 bridgehead atoms. The smallest absolute Gasteiger partial charge is 0.314 e. The lowest BCUT2D eigenvalue weighted by molar-refractivity contribution is -0.386. The predicted molar refractivity (Wildman–Crippen MR) is 154 cm³/mol. The molecule has 0 fully saturated rings. The summed E-state index contributed by atoms with van der Waals surface area (Å²) in [7, 11) is -10.1. The molecule has 0 amide bonds. The summed E-state index contributed by atoms with van der Waals surface area (Å²) in [6.07, 6.45) is 0. The highest BCUT2D eigenvalue weighted by Gasteiger charge is 2.26. The van der Waals surface area contributed by atoms with Crippen molar-refractivity contribution in [3.05, 3.63) is 82.9 Å². The number of benzene rings is 5. The number of nitro benzene ring substituents is 1. The fraction of sp³-hybridized carbons (Fsp3) is 0. The molecule has 0 aliphatic heterocycles. The van der Waals surface area contributed by atoms with E-state index in [-0.39, 0.29) is 27.9 Å². The molecule has 0 saturated carbocycles. The van der Waals surface area contributed by atoms with Gasteiger partial charge in [0.05, 0.1) is 10.6 Å². The van der Waals surface area contributed by atoms with Gasteiger partial charge < -0.3 is 15.3 Å². The summed E-state index contributed by atoms with van der Waals surface area (Å²) in [6.45, 7) is 0. The van der Waals surface area contributed by atoms with Crippen LogP contribution < -0.4 is 0 Å². The Morgan fingerprint density at radius 3 is 2.05 bits per heavy atom. The van der Waals surface area contributed by atoms with E-state index in [9.17, 15) is 51.4 Å². The Morgan fingerprint density at radius 1 is 0.659 bits per heavy atom. The van der Waals surface area contributed by atoms with Crippen molar-refractivity contribution in [1.82, 2.24) is 0 Å². The molecule has 0 aliphatic rings. The van der Waals surface area contributed by atoms with Crippen LogP contribution in [0.5, 0.6) is 17.2 Å². The van der Waals surface area contributed by atoms with Crippen molar-refractivity contribution < 1.29 is 46.2 Å². The molecule has 5 aromatic rings. The molecule has 0 atom stereocenters. The molecule has 0 unspecified atom stereocenters. The number of aromatic hydroxyl groups is 3. The SMILES string of the molecule is O=[N+]([O-])c1cc(S(=O)(=O)O)cc(N=Nc2c(S(=O)(=O)O)cc3cc(N=Nc4c(O)ccc5ccccc45)ccc3c2O)c1O. The van der Waals surface area contributed by atoms with Gasteiger partial charge in [-0.2, -0.15) is 21.9 Å². The van der Waals surface area contributed by atoms with Crippen LogP contribution in [0.2, 0.25) is 0 Å². The first-order valence-electron chi connectivity index (χ1n) is 12.0. The number of azo groups is 2. The van der Waals surface area contributed by atoms with Crippen LogP contribution >= 0.6 is 0 Å². The summed E-state index contributed by atoms with van der Waals surface area (Å²) >= 11 is 0. The highest BCUT2D eigenvalue weighted by molar-refractivity contribution is 7.86. The van der Waals surface area contributed by atoms with Gasteiger partial charge in [0.1, 0.15) is 32.6 Å². The van der Waals surface area contributed by atoms with E-state index >= 15 is 0 Å². The fourth-order valence-corrected chi connectivity index (χ4v) is 5.38. The molecule has 0 aromatic heterocycles. The van der Waals surface area contributed by atoms with Crippen molar-refractivity contribution in [1.29, 1.82) is 0 Å². The maximum atomic E-state index is 12.2. The third-order valence-corrected chi connectivity index (χ3v) is 7.95. The van der Waals surface area contributed by atoms with E-state index in [1.165, 1.54) is 24.3 Å². The zero-order valence-corrected chi connectivity index (χ0v) is 23.3. The van der Waals surface area contributed by atoms with Crippen molar-refractivity contribution in [2.45, 2.75) is 9.79 Å². The number of fused-ring (bicyclic) bond motifs is 2. The summed E-state index contributed by atoms with van der Waals surface area (Å²) in [5.74, 6) is -2.17. The van der Waals surface area contributed by atoms with Crippen molar-refractivity contribution >= 4 is 70.2 Å². The number of phenolic OH excluding ortho intramolecular Hbond substituents is 3. The second kappa shape index (κ2) is 10.9. The topological polar surface area (TPSA) is 262 Å². The van der Waals surface area contributed by atoms with Gasteiger partial charge in [-0.1, -0.05) is 30.3 Å². The van der Waals surface area contributed by atoms with Crippen LogP contribution in [0.1, 0.15) is 0 Å². The first-order valence-corrected chi connectivity index (χ1v) is 14.8. The summed E-state index contributed by atoms with van der Waals surface area (Å²) in [4.78, 5) is 8.08. The number of hydrogen-bond donors (Lipinski definition) is 5. The van der Waals surface area contributed by atoms with Gasteiger partial charge >= 0.3 is 5.69 Å². The van der Waals surface area contributed by atoms with Gasteiger partial charge in [-0.25, -0.2) is 0 Å². The molecule has 18 heteroatoms. The Labute approximate surface area is 246 Å². The molecule has 16 nitrogen and oxygen atoms in total. The molecule has 0 saturated heterocycles. The van der Waals surface area contributed by atoms with Gasteiger partial charge in [-0.05, 0) is 47.2 Å². The molecule has 224 valence electrons. The predicted octanol–water partition coefficient (Wildman–Crippen LogP) is 6.34. The summed E-state index contributed by atoms with van der Waals surface area (Å²) < 4.78 is 66.8. The maximum Gasteiger partial charge on any atom is 0.314 e. The third kappa shape index (κ3) is 5.72. The Morgan fingerprint density at radius 2 is 1.36 bits per heavy atom. The zero-order chi connectivity index (χ0) is 32.0. The van der Waals surface area contributed by atoms with Gasteiger partial charge in [0, 0.05) is 16.8 Å². The van der Waals surface area contributed by atoms with Crippen LogP contribution in [0.25, 0.3) is 21.5 Å². The lowest BCUT2D eigenvalue weighted by Crippen LogP contribution is -2.00. The highest BCUT2D eigenvalue weighted by atomic mass is 32.2. The molecule has 0 radical (unpaired) electrons. The first kappa shape index (κ1) is 29.9. The summed E-state index contributed by atoms with van der Waals surface area (Å²) in [6, 6.07) is 16.0. The van der Waals surface area contributed by atoms with Crippen LogP contribution in [0.4, 0.5) is 28.4 Å². The van der Waals surface area contributed by atoms with Gasteiger partial charge in [0.25, 0.3) is 20.2 Å². The largest absolute Gasteiger partial charge is 0.506 e. The van der Waals surface area contributed by atoms with E-state index in [4.69, 9.17) is 0 Å². The van der Waals surface area contributed by atoms with Crippen LogP contribution in [0, 0.1) is 10.1 Å². The molecular weight excluding hydrogens is 622 g/mol. The van der Waals surface area contributed by atoms with Crippen LogP contribution in [-0.2, 0) is 20.2 Å². The molecule has 5 N–H and O–H groups in total. The van der Waals surface area contributed by atoms with E-state index in [2.05, 4.69) is 20.5 Å². The maximum absolute atomic E-state index is 12.2. The minimum atomic E-state index is -5.12. The van der Waals surface area contributed by atoms with E-state index in [1.807, 2.05) is 6.07 Å². The van der Waals surface area contributed by atoms with Crippen molar-refractivity contribution in [2.75, 3.05) is 0 Å². The molecule has 5 rings (SSSR count). The summed E-state index contributed by atoms with van der Waals surface area (Å²) in [5, 5.41) is 59.2. The van der Waals surface area contributed by atoms with E-state index in [0.29, 0.717) is 17.5 Å². The second-order valence-electron chi connectivity index (χ2n) is 9.05. The monoisotopic (exact) mass is 639 g/mol. The average Bonchev–Trinajstić information content (AvgIpc) is 2.95. The van der Waals surface area contributed by atoms with E-state index in [1.54, 1.807) is 24.3 Å².